The Labute approximate surface area is 233 Å². The van der Waals surface area contributed by atoms with Crippen molar-refractivity contribution < 1.29 is 18.7 Å². The van der Waals surface area contributed by atoms with Crippen LogP contribution in [0.4, 0.5) is 4.39 Å². The molecule has 0 spiro atoms. The van der Waals surface area contributed by atoms with E-state index >= 15 is 0 Å². The fourth-order valence-corrected chi connectivity index (χ4v) is 6.61. The van der Waals surface area contributed by atoms with Gasteiger partial charge in [0.2, 0.25) is 0 Å². The molecule has 4 nitrogen and oxygen atoms in total. The number of hydrogen-bond donors (Lipinski definition) is 0. The van der Waals surface area contributed by atoms with Crippen LogP contribution in [0.5, 0.6) is 11.5 Å². The minimum absolute atomic E-state index is 0.152. The van der Waals surface area contributed by atoms with Gasteiger partial charge in [-0.05, 0) is 144 Å². The molecule has 2 aromatic rings. The number of hydrogen-bond acceptors (Lipinski definition) is 4. The number of halogens is 1. The van der Waals surface area contributed by atoms with Gasteiger partial charge < -0.3 is 14.4 Å². The Morgan fingerprint density at radius 3 is 2.59 bits per heavy atom. The van der Waals surface area contributed by atoms with Crippen molar-refractivity contribution in [2.75, 3.05) is 19.6 Å². The molecule has 1 saturated heterocycles. The van der Waals surface area contributed by atoms with Crippen molar-refractivity contribution in [2.45, 2.75) is 103 Å². The third kappa shape index (κ3) is 6.74. The zero-order valence-corrected chi connectivity index (χ0v) is 24.0. The van der Waals surface area contributed by atoms with Gasteiger partial charge in [-0.25, -0.2) is 4.39 Å². The van der Waals surface area contributed by atoms with Crippen molar-refractivity contribution in [3.8, 4) is 11.5 Å². The first-order valence-corrected chi connectivity index (χ1v) is 15.1. The highest BCUT2D eigenvalue weighted by atomic mass is 19.1. The van der Waals surface area contributed by atoms with Crippen molar-refractivity contribution in [3.63, 3.8) is 0 Å². The molecule has 1 fully saturated rings. The summed E-state index contributed by atoms with van der Waals surface area (Å²) in [5, 5.41) is 0. The van der Waals surface area contributed by atoms with Gasteiger partial charge in [0.1, 0.15) is 22.9 Å². The molecule has 5 rings (SSSR count). The van der Waals surface area contributed by atoms with Gasteiger partial charge in [-0.15, -0.1) is 0 Å². The van der Waals surface area contributed by atoms with Crippen LogP contribution in [0.25, 0.3) is 5.57 Å². The highest BCUT2D eigenvalue weighted by Gasteiger charge is 2.39. The van der Waals surface area contributed by atoms with Crippen molar-refractivity contribution >= 4 is 11.5 Å². The lowest BCUT2D eigenvalue weighted by atomic mass is 9.85. The van der Waals surface area contributed by atoms with E-state index in [1.54, 1.807) is 0 Å². The van der Waals surface area contributed by atoms with E-state index in [-0.39, 0.29) is 23.3 Å². The average Bonchev–Trinajstić information content (AvgIpc) is 3.41. The first-order valence-electron chi connectivity index (χ1n) is 15.1. The summed E-state index contributed by atoms with van der Waals surface area (Å²) in [7, 11) is 0. The Hall–Kier alpha value is -2.66. The van der Waals surface area contributed by atoms with E-state index < -0.39 is 0 Å². The van der Waals surface area contributed by atoms with Gasteiger partial charge in [-0.3, -0.25) is 4.79 Å². The summed E-state index contributed by atoms with van der Waals surface area (Å²) < 4.78 is 26.0. The van der Waals surface area contributed by atoms with Crippen LogP contribution in [0.15, 0.2) is 42.0 Å². The summed E-state index contributed by atoms with van der Waals surface area (Å²) in [5.41, 5.74) is 5.60. The number of fused-ring (bicyclic) bond motifs is 2. The standard InChI is InChI=1S/C34H44FNO3/c1-24(10-7-11-25-15-17-27(35)18-16-25)26-22-30(38-32(37)14-9-21-36-19-5-4-6-20-36)33-28-12-8-13-29(28)34(2,3)39-31(33)23-26/h15-18,22-24H,4-14,19-21H2,1-3H3. The van der Waals surface area contributed by atoms with Gasteiger partial charge in [0.15, 0.2) is 0 Å². The van der Waals surface area contributed by atoms with Gasteiger partial charge in [0.05, 0.1) is 5.56 Å². The fraction of sp³-hybridized carbons (Fsp3) is 0.559. The van der Waals surface area contributed by atoms with Crippen LogP contribution >= 0.6 is 0 Å². The second-order valence-corrected chi connectivity index (χ2v) is 12.2. The van der Waals surface area contributed by atoms with Crippen molar-refractivity contribution in [2.24, 2.45) is 0 Å². The maximum atomic E-state index is 13.3. The Morgan fingerprint density at radius 2 is 1.82 bits per heavy atom. The molecule has 210 valence electrons. The maximum Gasteiger partial charge on any atom is 0.311 e. The summed E-state index contributed by atoms with van der Waals surface area (Å²) in [5.74, 6) is 1.44. The second kappa shape index (κ2) is 12.2. The normalized spacial score (nSPS) is 19.3. The lowest BCUT2D eigenvalue weighted by Gasteiger charge is -2.36. The number of nitrogens with zero attached hydrogens (tertiary/aromatic N) is 1. The molecule has 2 heterocycles. The molecular weight excluding hydrogens is 489 g/mol. The second-order valence-electron chi connectivity index (χ2n) is 12.2. The Kier molecular flexibility index (Phi) is 8.76. The van der Waals surface area contributed by atoms with Gasteiger partial charge in [-0.1, -0.05) is 25.5 Å². The minimum Gasteiger partial charge on any atom is -0.483 e. The van der Waals surface area contributed by atoms with Gasteiger partial charge >= 0.3 is 5.97 Å². The summed E-state index contributed by atoms with van der Waals surface area (Å²) in [6.45, 7) is 9.79. The van der Waals surface area contributed by atoms with Crippen LogP contribution in [0.1, 0.15) is 108 Å². The third-order valence-corrected chi connectivity index (χ3v) is 8.81. The third-order valence-electron chi connectivity index (χ3n) is 8.81. The topological polar surface area (TPSA) is 38.8 Å². The highest BCUT2D eigenvalue weighted by Crippen LogP contribution is 2.52. The number of benzene rings is 2. The van der Waals surface area contributed by atoms with Crippen molar-refractivity contribution in [1.82, 2.24) is 4.90 Å². The van der Waals surface area contributed by atoms with E-state index in [0.717, 1.165) is 87.0 Å². The SMILES string of the molecule is CC(CCCc1ccc(F)cc1)c1cc(OC(=O)CCCN2CCCCC2)c2c(c1)OC(C)(C)C1=C2CCC1. The number of ether oxygens (including phenoxy) is 2. The van der Waals surface area contributed by atoms with E-state index in [2.05, 4.69) is 37.8 Å². The number of piperidine rings is 1. The number of carbonyl (C=O) groups is 1. The summed E-state index contributed by atoms with van der Waals surface area (Å²) in [4.78, 5) is 15.5. The fourth-order valence-electron chi connectivity index (χ4n) is 6.61. The number of allylic oxidation sites excluding steroid dienone is 1. The van der Waals surface area contributed by atoms with Crippen molar-refractivity contribution in [3.05, 3.63) is 64.5 Å². The van der Waals surface area contributed by atoms with Crippen molar-refractivity contribution in [1.29, 1.82) is 0 Å². The van der Waals surface area contributed by atoms with Crippen LogP contribution in [-0.4, -0.2) is 36.1 Å². The lowest BCUT2D eigenvalue weighted by molar-refractivity contribution is -0.134. The number of likely N-dealkylation sites (tertiary alicyclic amines) is 1. The molecule has 5 heteroatoms. The molecule has 1 unspecified atom stereocenters. The molecule has 3 aliphatic rings. The molecule has 0 aromatic heterocycles. The van der Waals surface area contributed by atoms with Crippen LogP contribution in [0, 0.1) is 5.82 Å². The molecule has 39 heavy (non-hydrogen) atoms. The van der Waals surface area contributed by atoms with Crippen LogP contribution in [0.2, 0.25) is 0 Å². The minimum atomic E-state index is -0.348. The molecule has 1 atom stereocenters. The Balaban J connectivity index is 1.31. The number of carbonyl (C=O) groups excluding carboxylic acids is 1. The zero-order valence-electron chi connectivity index (χ0n) is 24.0. The lowest BCUT2D eigenvalue weighted by Crippen LogP contribution is -2.34. The van der Waals surface area contributed by atoms with Gasteiger partial charge in [-0.2, -0.15) is 0 Å². The van der Waals surface area contributed by atoms with Crippen LogP contribution < -0.4 is 9.47 Å². The van der Waals surface area contributed by atoms with Gasteiger partial charge in [0.25, 0.3) is 0 Å². The predicted octanol–water partition coefficient (Wildman–Crippen LogP) is 8.23. The smallest absolute Gasteiger partial charge is 0.311 e. The first kappa shape index (κ1) is 27.9. The maximum absolute atomic E-state index is 13.3. The molecule has 0 amide bonds. The van der Waals surface area contributed by atoms with E-state index in [1.165, 1.54) is 42.5 Å². The summed E-state index contributed by atoms with van der Waals surface area (Å²) >= 11 is 0. The summed E-state index contributed by atoms with van der Waals surface area (Å²) in [6.07, 6.45) is 11.1. The molecule has 2 aliphatic heterocycles. The Bertz CT molecular complexity index is 1190. The molecule has 0 bridgehead atoms. The monoisotopic (exact) mass is 533 g/mol. The summed E-state index contributed by atoms with van der Waals surface area (Å²) in [6, 6.07) is 11.1. The first-order chi connectivity index (χ1) is 18.8. The zero-order chi connectivity index (χ0) is 27.4. The van der Waals surface area contributed by atoms with E-state index in [9.17, 15) is 9.18 Å². The van der Waals surface area contributed by atoms with E-state index in [0.29, 0.717) is 12.2 Å². The molecule has 0 N–H and O–H groups in total. The largest absolute Gasteiger partial charge is 0.483 e. The molecule has 0 saturated carbocycles. The molecule has 0 radical (unpaired) electrons. The Morgan fingerprint density at radius 1 is 1.05 bits per heavy atom. The highest BCUT2D eigenvalue weighted by molar-refractivity contribution is 5.84. The number of rotatable bonds is 10. The predicted molar refractivity (Wildman–Crippen MR) is 155 cm³/mol. The van der Waals surface area contributed by atoms with E-state index in [4.69, 9.17) is 9.47 Å². The molecule has 2 aromatic carbocycles. The van der Waals surface area contributed by atoms with E-state index in [1.807, 2.05) is 12.1 Å². The van der Waals surface area contributed by atoms with Gasteiger partial charge in [0, 0.05) is 6.42 Å². The number of aryl methyl sites for hydroxylation is 1. The molecular formula is C34H44FNO3. The number of esters is 1. The van der Waals surface area contributed by atoms with Crippen LogP contribution in [-0.2, 0) is 11.2 Å². The molecule has 1 aliphatic carbocycles. The average molecular weight is 534 g/mol. The quantitative estimate of drug-likeness (QED) is 0.228. The van der Waals surface area contributed by atoms with Crippen LogP contribution in [0.3, 0.4) is 0 Å².